The molecule has 44 heavy (non-hydrogen) atoms. The Morgan fingerprint density at radius 3 is 2.23 bits per heavy atom. The number of nitrogens with zero attached hydrogens (tertiary/aromatic N) is 2. The quantitative estimate of drug-likeness (QED) is 0.226. The summed E-state index contributed by atoms with van der Waals surface area (Å²) in [5.41, 5.74) is 12.2. The molecule has 232 valence electrons. The number of piperidine rings is 2. The van der Waals surface area contributed by atoms with Gasteiger partial charge in [-0.15, -0.1) is 0 Å². The maximum atomic E-state index is 13.3. The van der Waals surface area contributed by atoms with E-state index in [4.69, 9.17) is 5.73 Å². The molecule has 2 aliphatic rings. The Hall–Kier alpha value is -3.46. The van der Waals surface area contributed by atoms with Crippen molar-refractivity contribution in [3.05, 3.63) is 95.7 Å². The molecule has 0 spiro atoms. The Balaban J connectivity index is 1.03. The van der Waals surface area contributed by atoms with E-state index >= 15 is 0 Å². The van der Waals surface area contributed by atoms with Crippen LogP contribution in [0.5, 0.6) is 0 Å². The van der Waals surface area contributed by atoms with Gasteiger partial charge in [-0.3, -0.25) is 4.79 Å². The van der Waals surface area contributed by atoms with Crippen LogP contribution in [-0.4, -0.2) is 67.0 Å². The number of benzene rings is 3. The van der Waals surface area contributed by atoms with E-state index in [9.17, 15) is 13.2 Å². The third kappa shape index (κ3) is 7.25. The fourth-order valence-corrected chi connectivity index (χ4v) is 8.72. The van der Waals surface area contributed by atoms with E-state index in [-0.39, 0.29) is 24.0 Å². The van der Waals surface area contributed by atoms with E-state index in [0.717, 1.165) is 72.4 Å². The molecular weight excluding hydrogens is 568 g/mol. The van der Waals surface area contributed by atoms with E-state index in [1.165, 1.54) is 24.0 Å². The first-order valence-electron chi connectivity index (χ1n) is 16.1. The van der Waals surface area contributed by atoms with Crippen LogP contribution in [-0.2, 0) is 27.7 Å². The zero-order valence-corrected chi connectivity index (χ0v) is 26.3. The molecule has 2 aliphatic heterocycles. The highest BCUT2D eigenvalue weighted by molar-refractivity contribution is 7.89. The van der Waals surface area contributed by atoms with Crippen molar-refractivity contribution in [2.45, 2.75) is 50.9 Å². The summed E-state index contributed by atoms with van der Waals surface area (Å²) in [6, 6.07) is 25.1. The van der Waals surface area contributed by atoms with Crippen LogP contribution in [0.2, 0.25) is 0 Å². The number of primary amides is 1. The molecule has 7 nitrogen and oxygen atoms in total. The number of hydrogen-bond donors (Lipinski definition) is 2. The van der Waals surface area contributed by atoms with Crippen molar-refractivity contribution in [3.63, 3.8) is 0 Å². The molecular formula is C36H44N4O3S. The minimum atomic E-state index is -3.29. The molecule has 0 radical (unpaired) electrons. The van der Waals surface area contributed by atoms with Crippen LogP contribution in [0, 0.1) is 5.92 Å². The van der Waals surface area contributed by atoms with Crippen LogP contribution in [0.4, 0.5) is 0 Å². The summed E-state index contributed by atoms with van der Waals surface area (Å²) in [6.45, 7) is 4.04. The largest absolute Gasteiger partial charge is 0.369 e. The Morgan fingerprint density at radius 2 is 1.55 bits per heavy atom. The molecule has 0 saturated carbocycles. The van der Waals surface area contributed by atoms with Gasteiger partial charge in [0.2, 0.25) is 15.9 Å². The topological polar surface area (TPSA) is 99.5 Å². The number of fused-ring (bicyclic) bond motifs is 1. The second-order valence-electron chi connectivity index (χ2n) is 12.6. The molecule has 0 aliphatic carbocycles. The number of likely N-dealkylation sites (tertiary alicyclic amines) is 1. The predicted molar refractivity (Wildman–Crippen MR) is 178 cm³/mol. The van der Waals surface area contributed by atoms with Crippen LogP contribution in [0.25, 0.3) is 22.0 Å². The summed E-state index contributed by atoms with van der Waals surface area (Å²) in [6.07, 6.45) is 7.95. The van der Waals surface area contributed by atoms with Gasteiger partial charge in [0.25, 0.3) is 0 Å². The lowest BCUT2D eigenvalue weighted by molar-refractivity contribution is -0.117. The van der Waals surface area contributed by atoms with Gasteiger partial charge in [0.1, 0.15) is 0 Å². The molecule has 2 fully saturated rings. The fourth-order valence-electron chi connectivity index (χ4n) is 7.20. The molecule has 1 aromatic heterocycles. The van der Waals surface area contributed by atoms with Crippen molar-refractivity contribution in [2.24, 2.45) is 11.7 Å². The Morgan fingerprint density at radius 1 is 0.864 bits per heavy atom. The highest BCUT2D eigenvalue weighted by Crippen LogP contribution is 2.37. The summed E-state index contributed by atoms with van der Waals surface area (Å²) in [5.74, 6) is 0.819. The Bertz CT molecular complexity index is 1650. The monoisotopic (exact) mass is 612 g/mol. The van der Waals surface area contributed by atoms with Gasteiger partial charge in [-0.05, 0) is 110 Å². The van der Waals surface area contributed by atoms with Crippen LogP contribution < -0.4 is 5.73 Å². The first kappa shape index (κ1) is 30.6. The number of rotatable bonds is 11. The molecule has 0 unspecified atom stereocenters. The average Bonchev–Trinajstić information content (AvgIpc) is 3.47. The van der Waals surface area contributed by atoms with Crippen LogP contribution >= 0.6 is 0 Å². The SMILES string of the molecule is NC(=O)Cc1cc(-c2ccccc2)cc2c(C3CCN(S(=O)(=O)CCCN4CCC(Cc5ccccc5)CC4)CC3)c[nH]c12. The summed E-state index contributed by atoms with van der Waals surface area (Å²) in [7, 11) is -3.29. The molecule has 0 atom stereocenters. The second-order valence-corrected chi connectivity index (χ2v) is 14.7. The zero-order valence-electron chi connectivity index (χ0n) is 25.5. The molecule has 8 heteroatoms. The van der Waals surface area contributed by atoms with Gasteiger partial charge in [-0.25, -0.2) is 12.7 Å². The first-order chi connectivity index (χ1) is 21.4. The number of amides is 1. The Kier molecular flexibility index (Phi) is 9.50. The molecule has 1 amide bonds. The van der Waals surface area contributed by atoms with Gasteiger partial charge < -0.3 is 15.6 Å². The number of carbonyl (C=O) groups excluding carboxylic acids is 1. The molecule has 3 heterocycles. The minimum absolute atomic E-state index is 0.166. The van der Waals surface area contributed by atoms with Crippen molar-refractivity contribution in [1.29, 1.82) is 0 Å². The number of sulfonamides is 1. The normalized spacial score (nSPS) is 17.7. The zero-order chi connectivity index (χ0) is 30.5. The van der Waals surface area contributed by atoms with Crippen molar-refractivity contribution < 1.29 is 13.2 Å². The number of aromatic nitrogens is 1. The third-order valence-corrected chi connectivity index (χ3v) is 11.6. The van der Waals surface area contributed by atoms with Crippen molar-refractivity contribution in [1.82, 2.24) is 14.2 Å². The van der Waals surface area contributed by atoms with Crippen LogP contribution in [0.3, 0.4) is 0 Å². The molecule has 3 aromatic carbocycles. The molecule has 2 saturated heterocycles. The van der Waals surface area contributed by atoms with E-state index in [2.05, 4.69) is 58.4 Å². The summed E-state index contributed by atoms with van der Waals surface area (Å²) >= 11 is 0. The predicted octanol–water partition coefficient (Wildman–Crippen LogP) is 5.72. The smallest absolute Gasteiger partial charge is 0.221 e. The standard InChI is InChI=1S/C36H44N4O3S/c37-35(41)25-32-23-31(29-10-5-2-6-11-29)24-33-34(26-38-36(32)33)30-14-19-40(20-15-30)44(42,43)21-7-16-39-17-12-28(13-18-39)22-27-8-3-1-4-9-27/h1-6,8-11,23-24,26,28,30,38H,7,12-22,25H2,(H2,37,41). The Labute approximate surface area is 261 Å². The van der Waals surface area contributed by atoms with Gasteiger partial charge in [0.05, 0.1) is 12.2 Å². The number of H-pyrrole nitrogens is 1. The van der Waals surface area contributed by atoms with E-state index < -0.39 is 10.0 Å². The number of nitrogens with two attached hydrogens (primary N) is 1. The third-order valence-electron chi connectivity index (χ3n) is 9.61. The van der Waals surface area contributed by atoms with Crippen molar-refractivity contribution in [3.8, 4) is 11.1 Å². The fraction of sp³-hybridized carbons (Fsp3) is 0.417. The number of nitrogens with one attached hydrogen (secondary N) is 1. The van der Waals surface area contributed by atoms with Crippen molar-refractivity contribution in [2.75, 3.05) is 38.5 Å². The lowest BCUT2D eigenvalue weighted by Gasteiger charge is -2.33. The summed E-state index contributed by atoms with van der Waals surface area (Å²) in [5, 5.41) is 1.09. The number of carbonyl (C=O) groups is 1. The van der Waals surface area contributed by atoms with Gasteiger partial charge in [0.15, 0.2) is 0 Å². The van der Waals surface area contributed by atoms with E-state index in [1.807, 2.05) is 30.5 Å². The number of aromatic amines is 1. The first-order valence-corrected chi connectivity index (χ1v) is 17.7. The molecule has 0 bridgehead atoms. The summed E-state index contributed by atoms with van der Waals surface area (Å²) < 4.78 is 28.3. The lowest BCUT2D eigenvalue weighted by Crippen LogP contribution is -2.40. The van der Waals surface area contributed by atoms with Gasteiger partial charge in [-0.2, -0.15) is 0 Å². The van der Waals surface area contributed by atoms with Gasteiger partial charge in [-0.1, -0.05) is 60.7 Å². The van der Waals surface area contributed by atoms with Crippen LogP contribution in [0.1, 0.15) is 54.7 Å². The van der Waals surface area contributed by atoms with Gasteiger partial charge >= 0.3 is 0 Å². The lowest BCUT2D eigenvalue weighted by atomic mass is 9.88. The molecule has 6 rings (SSSR count). The maximum Gasteiger partial charge on any atom is 0.221 e. The van der Waals surface area contributed by atoms with Crippen LogP contribution in [0.15, 0.2) is 79.0 Å². The highest BCUT2D eigenvalue weighted by atomic mass is 32.2. The minimum Gasteiger partial charge on any atom is -0.369 e. The molecule has 4 aromatic rings. The highest BCUT2D eigenvalue weighted by Gasteiger charge is 2.30. The molecule has 3 N–H and O–H groups in total. The average molecular weight is 613 g/mol. The maximum absolute atomic E-state index is 13.3. The summed E-state index contributed by atoms with van der Waals surface area (Å²) in [4.78, 5) is 17.7. The van der Waals surface area contributed by atoms with E-state index in [1.54, 1.807) is 4.31 Å². The van der Waals surface area contributed by atoms with Crippen molar-refractivity contribution >= 4 is 26.8 Å². The van der Waals surface area contributed by atoms with E-state index in [0.29, 0.717) is 19.5 Å². The second kappa shape index (κ2) is 13.7. The number of hydrogen-bond acceptors (Lipinski definition) is 4. The van der Waals surface area contributed by atoms with Gasteiger partial charge in [0, 0.05) is 30.2 Å².